The summed E-state index contributed by atoms with van der Waals surface area (Å²) in [6.45, 7) is 4.06. The molecule has 0 bridgehead atoms. The number of methoxy groups -OCH3 is 1. The van der Waals surface area contributed by atoms with Gasteiger partial charge in [0.2, 0.25) is 0 Å². The van der Waals surface area contributed by atoms with Crippen LogP contribution < -0.4 is 10.1 Å². The average Bonchev–Trinajstić information content (AvgIpc) is 2.29. The number of hydrogen-bond acceptors (Lipinski definition) is 4. The summed E-state index contributed by atoms with van der Waals surface area (Å²) < 4.78 is 10.1. The van der Waals surface area contributed by atoms with Crippen LogP contribution in [0.1, 0.15) is 22.8 Å². The predicted octanol–water partition coefficient (Wildman–Crippen LogP) is 2.22. The Kier molecular flexibility index (Phi) is 4.17. The fraction of sp³-hybridized carbons (Fsp3) is 0.417. The molecule has 0 spiro atoms. The van der Waals surface area contributed by atoms with E-state index in [-0.39, 0.29) is 5.97 Å². The molecule has 0 aliphatic carbocycles. The lowest BCUT2D eigenvalue weighted by molar-refractivity contribution is 0.0522. The molecule has 0 aromatic heterocycles. The Labute approximate surface area is 95.6 Å². The minimum atomic E-state index is -0.356. The molecule has 0 aliphatic rings. The van der Waals surface area contributed by atoms with Crippen LogP contribution in [0.4, 0.5) is 5.69 Å². The minimum Gasteiger partial charge on any atom is -0.496 e. The van der Waals surface area contributed by atoms with Gasteiger partial charge in [-0.25, -0.2) is 4.79 Å². The van der Waals surface area contributed by atoms with Crippen molar-refractivity contribution in [3.63, 3.8) is 0 Å². The summed E-state index contributed by atoms with van der Waals surface area (Å²) in [4.78, 5) is 11.7. The lowest BCUT2D eigenvalue weighted by Crippen LogP contribution is -2.08. The number of benzene rings is 1. The van der Waals surface area contributed by atoms with Crippen molar-refractivity contribution >= 4 is 11.7 Å². The molecule has 0 amide bonds. The predicted molar refractivity (Wildman–Crippen MR) is 63.2 cm³/mol. The van der Waals surface area contributed by atoms with Crippen LogP contribution in [0.15, 0.2) is 12.1 Å². The Bertz CT molecular complexity index is 388. The Morgan fingerprint density at radius 2 is 2.12 bits per heavy atom. The fourth-order valence-corrected chi connectivity index (χ4v) is 1.49. The zero-order valence-electron chi connectivity index (χ0n) is 10.1. The summed E-state index contributed by atoms with van der Waals surface area (Å²) >= 11 is 0. The van der Waals surface area contributed by atoms with Crippen LogP contribution in [0.25, 0.3) is 0 Å². The van der Waals surface area contributed by atoms with Crippen molar-refractivity contribution in [3.05, 3.63) is 23.3 Å². The Balaban J connectivity index is 3.17. The standard InChI is InChI=1S/C12H17NO3/c1-5-16-12(14)9-6-8(2)10(13-3)7-11(9)15-4/h6-7,13H,5H2,1-4H3. The highest BCUT2D eigenvalue weighted by Crippen LogP contribution is 2.27. The maximum absolute atomic E-state index is 11.7. The normalized spacial score (nSPS) is 9.75. The van der Waals surface area contributed by atoms with Crippen molar-refractivity contribution in [1.82, 2.24) is 0 Å². The van der Waals surface area contributed by atoms with E-state index in [1.807, 2.05) is 14.0 Å². The molecule has 16 heavy (non-hydrogen) atoms. The first kappa shape index (κ1) is 12.4. The minimum absolute atomic E-state index is 0.356. The van der Waals surface area contributed by atoms with E-state index >= 15 is 0 Å². The Hall–Kier alpha value is -1.71. The molecule has 0 saturated heterocycles. The van der Waals surface area contributed by atoms with Crippen LogP contribution in [0.5, 0.6) is 5.75 Å². The van der Waals surface area contributed by atoms with E-state index in [2.05, 4.69) is 5.32 Å². The van der Waals surface area contributed by atoms with E-state index < -0.39 is 0 Å². The molecule has 0 heterocycles. The zero-order valence-corrected chi connectivity index (χ0v) is 10.1. The number of ether oxygens (including phenoxy) is 2. The molecule has 1 aromatic carbocycles. The molecule has 0 unspecified atom stereocenters. The molecule has 4 heteroatoms. The van der Waals surface area contributed by atoms with E-state index in [1.165, 1.54) is 7.11 Å². The van der Waals surface area contributed by atoms with Gasteiger partial charge in [-0.1, -0.05) is 0 Å². The summed E-state index contributed by atoms with van der Waals surface area (Å²) in [5.41, 5.74) is 2.37. The molecule has 1 N–H and O–H groups in total. The van der Waals surface area contributed by atoms with Crippen molar-refractivity contribution in [1.29, 1.82) is 0 Å². The van der Waals surface area contributed by atoms with Gasteiger partial charge in [-0.3, -0.25) is 0 Å². The zero-order chi connectivity index (χ0) is 12.1. The molecule has 0 radical (unpaired) electrons. The maximum atomic E-state index is 11.7. The first-order chi connectivity index (χ1) is 7.63. The van der Waals surface area contributed by atoms with Gasteiger partial charge in [-0.05, 0) is 25.5 Å². The molecule has 88 valence electrons. The van der Waals surface area contributed by atoms with Gasteiger partial charge < -0.3 is 14.8 Å². The molecule has 4 nitrogen and oxygen atoms in total. The van der Waals surface area contributed by atoms with Gasteiger partial charge in [0.1, 0.15) is 11.3 Å². The van der Waals surface area contributed by atoms with Crippen molar-refractivity contribution in [3.8, 4) is 5.75 Å². The van der Waals surface area contributed by atoms with E-state index in [0.717, 1.165) is 11.3 Å². The van der Waals surface area contributed by atoms with Crippen molar-refractivity contribution in [2.45, 2.75) is 13.8 Å². The number of carbonyl (C=O) groups excluding carboxylic acids is 1. The van der Waals surface area contributed by atoms with Gasteiger partial charge in [0.25, 0.3) is 0 Å². The number of nitrogens with one attached hydrogen (secondary N) is 1. The molecular weight excluding hydrogens is 206 g/mol. The summed E-state index contributed by atoms with van der Waals surface area (Å²) in [6.07, 6.45) is 0. The summed E-state index contributed by atoms with van der Waals surface area (Å²) in [6, 6.07) is 3.56. The summed E-state index contributed by atoms with van der Waals surface area (Å²) in [5, 5.41) is 3.04. The lowest BCUT2D eigenvalue weighted by atomic mass is 10.1. The van der Waals surface area contributed by atoms with E-state index in [1.54, 1.807) is 19.1 Å². The second-order valence-corrected chi connectivity index (χ2v) is 3.34. The second-order valence-electron chi connectivity index (χ2n) is 3.34. The number of carbonyl (C=O) groups is 1. The molecule has 0 saturated carbocycles. The number of aryl methyl sites for hydroxylation is 1. The third-order valence-electron chi connectivity index (χ3n) is 2.31. The summed E-state index contributed by atoms with van der Waals surface area (Å²) in [5.74, 6) is 0.165. The van der Waals surface area contributed by atoms with Crippen molar-refractivity contribution in [2.24, 2.45) is 0 Å². The maximum Gasteiger partial charge on any atom is 0.341 e. The van der Waals surface area contributed by atoms with Crippen LogP contribution in [0.3, 0.4) is 0 Å². The Morgan fingerprint density at radius 3 is 2.62 bits per heavy atom. The van der Waals surface area contributed by atoms with Gasteiger partial charge >= 0.3 is 5.97 Å². The molecule has 1 aromatic rings. The highest BCUT2D eigenvalue weighted by Gasteiger charge is 2.15. The van der Waals surface area contributed by atoms with Crippen LogP contribution in [0.2, 0.25) is 0 Å². The van der Waals surface area contributed by atoms with Crippen LogP contribution >= 0.6 is 0 Å². The van der Waals surface area contributed by atoms with Gasteiger partial charge in [0.05, 0.1) is 13.7 Å². The quantitative estimate of drug-likeness (QED) is 0.795. The first-order valence-corrected chi connectivity index (χ1v) is 5.17. The van der Waals surface area contributed by atoms with Crippen LogP contribution in [0, 0.1) is 6.92 Å². The third kappa shape index (κ3) is 2.45. The van der Waals surface area contributed by atoms with Gasteiger partial charge in [0, 0.05) is 18.8 Å². The third-order valence-corrected chi connectivity index (χ3v) is 2.31. The molecule has 0 fully saturated rings. The van der Waals surface area contributed by atoms with Gasteiger partial charge in [0.15, 0.2) is 0 Å². The molecule has 1 rings (SSSR count). The second kappa shape index (κ2) is 5.39. The highest BCUT2D eigenvalue weighted by atomic mass is 16.5. The topological polar surface area (TPSA) is 47.6 Å². The first-order valence-electron chi connectivity index (χ1n) is 5.17. The van der Waals surface area contributed by atoms with Gasteiger partial charge in [-0.2, -0.15) is 0 Å². The lowest BCUT2D eigenvalue weighted by Gasteiger charge is -2.12. The molecule has 0 atom stereocenters. The number of anilines is 1. The fourth-order valence-electron chi connectivity index (χ4n) is 1.49. The van der Waals surface area contributed by atoms with Crippen molar-refractivity contribution in [2.75, 3.05) is 26.1 Å². The number of rotatable bonds is 4. The monoisotopic (exact) mass is 223 g/mol. The summed E-state index contributed by atoms with van der Waals surface area (Å²) in [7, 11) is 3.36. The molecular formula is C12H17NO3. The number of esters is 1. The van der Waals surface area contributed by atoms with E-state index in [4.69, 9.17) is 9.47 Å². The average molecular weight is 223 g/mol. The smallest absolute Gasteiger partial charge is 0.341 e. The SMILES string of the molecule is CCOC(=O)c1cc(C)c(NC)cc1OC. The van der Waals surface area contributed by atoms with E-state index in [9.17, 15) is 4.79 Å². The molecule has 0 aliphatic heterocycles. The van der Waals surface area contributed by atoms with Crippen LogP contribution in [-0.4, -0.2) is 26.7 Å². The van der Waals surface area contributed by atoms with Gasteiger partial charge in [-0.15, -0.1) is 0 Å². The Morgan fingerprint density at radius 1 is 1.44 bits per heavy atom. The largest absolute Gasteiger partial charge is 0.496 e. The van der Waals surface area contributed by atoms with E-state index in [0.29, 0.717) is 17.9 Å². The highest BCUT2D eigenvalue weighted by molar-refractivity contribution is 5.93. The van der Waals surface area contributed by atoms with Crippen molar-refractivity contribution < 1.29 is 14.3 Å². The van der Waals surface area contributed by atoms with Crippen LogP contribution in [-0.2, 0) is 4.74 Å². The number of hydrogen-bond donors (Lipinski definition) is 1.